The summed E-state index contributed by atoms with van der Waals surface area (Å²) < 4.78 is 10.7. The van der Waals surface area contributed by atoms with Gasteiger partial charge in [-0.2, -0.15) is 0 Å². The summed E-state index contributed by atoms with van der Waals surface area (Å²) in [6, 6.07) is 13.4. The second kappa shape index (κ2) is 5.50. The maximum Gasteiger partial charge on any atom is 0.249 e. The van der Waals surface area contributed by atoms with Crippen molar-refractivity contribution in [1.29, 1.82) is 0 Å². The molecule has 5 heteroatoms. The van der Waals surface area contributed by atoms with E-state index in [1.165, 1.54) is 5.56 Å². The second-order valence-corrected chi connectivity index (χ2v) is 5.80. The van der Waals surface area contributed by atoms with Gasteiger partial charge in [0.2, 0.25) is 12.7 Å². The van der Waals surface area contributed by atoms with Gasteiger partial charge >= 0.3 is 0 Å². The van der Waals surface area contributed by atoms with E-state index >= 15 is 0 Å². The molecule has 2 aliphatic heterocycles. The van der Waals surface area contributed by atoms with Crippen LogP contribution in [0.15, 0.2) is 42.5 Å². The van der Waals surface area contributed by atoms with Crippen LogP contribution in [0.5, 0.6) is 11.5 Å². The minimum atomic E-state index is -0.318. The summed E-state index contributed by atoms with van der Waals surface area (Å²) in [6.45, 7) is 2.87. The Kier molecular flexibility index (Phi) is 3.33. The minimum Gasteiger partial charge on any atom is -0.454 e. The molecule has 23 heavy (non-hydrogen) atoms. The summed E-state index contributed by atoms with van der Waals surface area (Å²) in [5.41, 5.74) is 3.11. The van der Waals surface area contributed by atoms with Gasteiger partial charge in [-0.05, 0) is 37.1 Å². The van der Waals surface area contributed by atoms with Crippen molar-refractivity contribution in [2.24, 2.45) is 0 Å². The van der Waals surface area contributed by atoms with E-state index < -0.39 is 0 Å². The lowest BCUT2D eigenvalue weighted by molar-refractivity contribution is -0.118. The van der Waals surface area contributed by atoms with Crippen LogP contribution in [0.1, 0.15) is 12.5 Å². The zero-order valence-electron chi connectivity index (χ0n) is 12.9. The van der Waals surface area contributed by atoms with Crippen molar-refractivity contribution in [3.05, 3.63) is 48.0 Å². The van der Waals surface area contributed by atoms with Gasteiger partial charge < -0.3 is 19.7 Å². The zero-order valence-corrected chi connectivity index (χ0v) is 12.9. The average molecular weight is 310 g/mol. The Bertz CT molecular complexity index is 760. The molecular formula is C18H18N2O3. The molecule has 2 heterocycles. The van der Waals surface area contributed by atoms with Crippen LogP contribution in [-0.4, -0.2) is 25.3 Å². The minimum absolute atomic E-state index is 0.0765. The molecule has 0 saturated carbocycles. The number of anilines is 2. The van der Waals surface area contributed by atoms with Crippen molar-refractivity contribution >= 4 is 17.3 Å². The van der Waals surface area contributed by atoms with Gasteiger partial charge in [0.25, 0.3) is 0 Å². The summed E-state index contributed by atoms with van der Waals surface area (Å²) in [5.74, 6) is 1.52. The molecular weight excluding hydrogens is 292 g/mol. The molecule has 0 bridgehead atoms. The van der Waals surface area contributed by atoms with Gasteiger partial charge in [-0.3, -0.25) is 4.79 Å². The third kappa shape index (κ3) is 2.48. The standard InChI is InChI=1S/C18H18N2O3/c1-12(19-14-6-7-16-17(10-14)23-11-22-16)18(21)20-9-8-13-4-2-3-5-15(13)20/h2-7,10,12,19H,8-9,11H2,1H3. The molecule has 1 N–H and O–H groups in total. The maximum absolute atomic E-state index is 12.8. The molecule has 2 aromatic carbocycles. The fourth-order valence-electron chi connectivity index (χ4n) is 3.10. The molecule has 0 fully saturated rings. The van der Waals surface area contributed by atoms with E-state index in [4.69, 9.17) is 9.47 Å². The molecule has 1 atom stereocenters. The Morgan fingerprint density at radius 1 is 1.17 bits per heavy atom. The van der Waals surface area contributed by atoms with Crippen LogP contribution < -0.4 is 19.7 Å². The van der Waals surface area contributed by atoms with E-state index in [-0.39, 0.29) is 18.7 Å². The third-order valence-corrected chi connectivity index (χ3v) is 4.28. The van der Waals surface area contributed by atoms with E-state index in [0.29, 0.717) is 5.75 Å². The Morgan fingerprint density at radius 3 is 2.91 bits per heavy atom. The van der Waals surface area contributed by atoms with Gasteiger partial charge in [-0.25, -0.2) is 0 Å². The molecule has 0 spiro atoms. The van der Waals surface area contributed by atoms with Crippen LogP contribution in [0.25, 0.3) is 0 Å². The first-order valence-corrected chi connectivity index (χ1v) is 7.78. The molecule has 1 amide bonds. The first-order chi connectivity index (χ1) is 11.2. The number of hydrogen-bond acceptors (Lipinski definition) is 4. The number of carbonyl (C=O) groups is 1. The predicted octanol–water partition coefficient (Wildman–Crippen LogP) is 2.81. The van der Waals surface area contributed by atoms with E-state index in [0.717, 1.165) is 30.1 Å². The third-order valence-electron chi connectivity index (χ3n) is 4.28. The van der Waals surface area contributed by atoms with Crippen molar-refractivity contribution in [2.75, 3.05) is 23.6 Å². The number of para-hydroxylation sites is 1. The predicted molar refractivity (Wildman–Crippen MR) is 88.1 cm³/mol. The van der Waals surface area contributed by atoms with Gasteiger partial charge in [0.05, 0.1) is 0 Å². The van der Waals surface area contributed by atoms with Crippen LogP contribution in [0, 0.1) is 0 Å². The van der Waals surface area contributed by atoms with Gasteiger partial charge in [-0.1, -0.05) is 18.2 Å². The lowest BCUT2D eigenvalue weighted by atomic mass is 10.2. The van der Waals surface area contributed by atoms with Crippen LogP contribution in [0.4, 0.5) is 11.4 Å². The van der Waals surface area contributed by atoms with E-state index in [1.54, 1.807) is 0 Å². The second-order valence-electron chi connectivity index (χ2n) is 5.80. The van der Waals surface area contributed by atoms with Crippen LogP contribution >= 0.6 is 0 Å². The number of amides is 1. The van der Waals surface area contributed by atoms with Crippen molar-refractivity contribution in [2.45, 2.75) is 19.4 Å². The average Bonchev–Trinajstić information content (AvgIpc) is 3.20. The van der Waals surface area contributed by atoms with Gasteiger partial charge in [-0.15, -0.1) is 0 Å². The largest absolute Gasteiger partial charge is 0.454 e. The highest BCUT2D eigenvalue weighted by Crippen LogP contribution is 2.34. The molecule has 2 aromatic rings. The van der Waals surface area contributed by atoms with Crippen LogP contribution in [-0.2, 0) is 11.2 Å². The van der Waals surface area contributed by atoms with Crippen LogP contribution in [0.2, 0.25) is 0 Å². The number of nitrogens with zero attached hydrogens (tertiary/aromatic N) is 1. The first kappa shape index (κ1) is 13.9. The zero-order chi connectivity index (χ0) is 15.8. The SMILES string of the molecule is CC(Nc1ccc2c(c1)OCO2)C(=O)N1CCc2ccccc21. The molecule has 0 radical (unpaired) electrons. The molecule has 4 rings (SSSR count). The van der Waals surface area contributed by atoms with Crippen molar-refractivity contribution in [1.82, 2.24) is 0 Å². The molecule has 5 nitrogen and oxygen atoms in total. The molecule has 0 aromatic heterocycles. The number of ether oxygens (including phenoxy) is 2. The summed E-state index contributed by atoms with van der Waals surface area (Å²) in [7, 11) is 0. The summed E-state index contributed by atoms with van der Waals surface area (Å²) in [5, 5.41) is 3.25. The van der Waals surface area contributed by atoms with Crippen LogP contribution in [0.3, 0.4) is 0 Å². The number of benzene rings is 2. The first-order valence-electron chi connectivity index (χ1n) is 7.78. The number of hydrogen-bond donors (Lipinski definition) is 1. The number of carbonyl (C=O) groups excluding carboxylic acids is 1. The van der Waals surface area contributed by atoms with Gasteiger partial charge in [0.15, 0.2) is 11.5 Å². The molecule has 2 aliphatic rings. The number of fused-ring (bicyclic) bond motifs is 2. The highest BCUT2D eigenvalue weighted by Gasteiger charge is 2.27. The molecule has 1 unspecified atom stereocenters. The smallest absolute Gasteiger partial charge is 0.249 e. The summed E-state index contributed by atoms with van der Waals surface area (Å²) in [6.07, 6.45) is 0.915. The Labute approximate surface area is 134 Å². The van der Waals surface area contributed by atoms with Gasteiger partial charge in [0.1, 0.15) is 6.04 Å². The summed E-state index contributed by atoms with van der Waals surface area (Å²) in [4.78, 5) is 14.6. The van der Waals surface area contributed by atoms with Crippen molar-refractivity contribution in [3.63, 3.8) is 0 Å². The quantitative estimate of drug-likeness (QED) is 0.947. The molecule has 118 valence electrons. The maximum atomic E-state index is 12.8. The Morgan fingerprint density at radius 2 is 2.00 bits per heavy atom. The monoisotopic (exact) mass is 310 g/mol. The number of nitrogens with one attached hydrogen (secondary N) is 1. The molecule has 0 aliphatic carbocycles. The highest BCUT2D eigenvalue weighted by atomic mass is 16.7. The van der Waals surface area contributed by atoms with E-state index in [9.17, 15) is 4.79 Å². The highest BCUT2D eigenvalue weighted by molar-refractivity contribution is 6.00. The Balaban J connectivity index is 1.49. The topological polar surface area (TPSA) is 50.8 Å². The van der Waals surface area contributed by atoms with Crippen molar-refractivity contribution < 1.29 is 14.3 Å². The fraction of sp³-hybridized carbons (Fsp3) is 0.278. The van der Waals surface area contributed by atoms with E-state index in [1.807, 2.05) is 48.2 Å². The van der Waals surface area contributed by atoms with E-state index in [2.05, 4.69) is 11.4 Å². The fourth-order valence-corrected chi connectivity index (χ4v) is 3.10. The van der Waals surface area contributed by atoms with Gasteiger partial charge in [0, 0.05) is 24.0 Å². The molecule has 0 saturated heterocycles. The lowest BCUT2D eigenvalue weighted by Gasteiger charge is -2.23. The summed E-state index contributed by atoms with van der Waals surface area (Å²) >= 11 is 0. The number of rotatable bonds is 3. The Hall–Kier alpha value is -2.69. The van der Waals surface area contributed by atoms with Crippen molar-refractivity contribution in [3.8, 4) is 11.5 Å². The normalized spacial score (nSPS) is 16.1. The lowest BCUT2D eigenvalue weighted by Crippen LogP contribution is -2.40.